The van der Waals surface area contributed by atoms with Crippen molar-refractivity contribution in [2.45, 2.75) is 47.0 Å². The van der Waals surface area contributed by atoms with Crippen molar-refractivity contribution in [2.75, 3.05) is 42.0 Å². The van der Waals surface area contributed by atoms with Gasteiger partial charge in [0, 0.05) is 52.3 Å². The maximum absolute atomic E-state index is 12.8. The van der Waals surface area contributed by atoms with Crippen molar-refractivity contribution in [3.8, 4) is 22.8 Å². The molecule has 464 valence electrons. The van der Waals surface area contributed by atoms with E-state index >= 15 is 0 Å². The number of hydrogen-bond acceptors (Lipinski definition) is 21. The number of nitrogens with two attached hydrogens (primary N) is 1. The third-order valence-electron chi connectivity index (χ3n) is 12.8. The van der Waals surface area contributed by atoms with Gasteiger partial charge in [-0.3, -0.25) is 41.4 Å². The number of aryl methyl sites for hydroxylation is 3. The summed E-state index contributed by atoms with van der Waals surface area (Å²) in [5, 5.41) is 45.2. The third kappa shape index (κ3) is 16.9. The number of fused-ring (bicyclic) bond motifs is 3. The molecule has 30 heteroatoms. The minimum atomic E-state index is -3.53. The number of nitrogens with one attached hydrogen (secondary N) is 3. The highest BCUT2D eigenvalue weighted by molar-refractivity contribution is 7.86. The number of ether oxygens (including phenoxy) is 1. The summed E-state index contributed by atoms with van der Waals surface area (Å²) in [6.45, 7) is 7.34. The lowest BCUT2D eigenvalue weighted by molar-refractivity contribution is -0.150. The zero-order valence-corrected chi connectivity index (χ0v) is 49.7. The number of aliphatic hydroxyl groups excluding tert-OH is 1. The van der Waals surface area contributed by atoms with Crippen molar-refractivity contribution < 1.29 is 65.8 Å². The first-order chi connectivity index (χ1) is 43.2. The number of aliphatic hydroxyl groups is 1. The minimum absolute atomic E-state index is 0.0182. The van der Waals surface area contributed by atoms with Gasteiger partial charge in [0.25, 0.3) is 27.8 Å². The number of imidazole rings is 3. The number of pyridine rings is 3. The average molecular weight is 1250 g/mol. The number of carboxylic acids is 1. The maximum Gasteiger partial charge on any atom is 0.317 e. The number of rotatable bonds is 18. The van der Waals surface area contributed by atoms with Crippen LogP contribution in [0.5, 0.6) is 0 Å². The van der Waals surface area contributed by atoms with Gasteiger partial charge in [0.05, 0.1) is 57.5 Å². The van der Waals surface area contributed by atoms with E-state index in [2.05, 4.69) is 65.3 Å². The first kappa shape index (κ1) is 64.5. The van der Waals surface area contributed by atoms with Gasteiger partial charge in [0.1, 0.15) is 40.4 Å². The Labute approximate surface area is 512 Å². The first-order valence-corrected chi connectivity index (χ1v) is 29.0. The second-order valence-electron chi connectivity index (χ2n) is 19.3. The quantitative estimate of drug-likeness (QED) is 0.00868. The monoisotopic (exact) mass is 1250 g/mol. The van der Waals surface area contributed by atoms with Gasteiger partial charge < -0.3 is 50.9 Å². The molecule has 8 N–H and O–H groups in total. The number of hydrogen-bond donors (Lipinski definition) is 7. The number of carbonyl (C=O) groups is 5. The van der Waals surface area contributed by atoms with E-state index in [1.807, 2.05) is 93.6 Å². The van der Waals surface area contributed by atoms with Gasteiger partial charge in [-0.05, 0) is 99.0 Å². The molecule has 8 aromatic heterocycles. The van der Waals surface area contributed by atoms with Gasteiger partial charge in [0.2, 0.25) is 23.4 Å². The summed E-state index contributed by atoms with van der Waals surface area (Å²) in [6.07, 6.45) is 10.8. The molecule has 0 saturated heterocycles. The highest BCUT2D eigenvalue weighted by atomic mass is 32.2. The number of carbonyl (C=O) groups excluding carboxylic acids is 4. The number of amidine groups is 1. The summed E-state index contributed by atoms with van der Waals surface area (Å²) >= 11 is 0. The first-order valence-electron chi connectivity index (χ1n) is 27.2. The fraction of sp³-hybridized carbons (Fsp3) is 0.183. The van der Waals surface area contributed by atoms with E-state index in [-0.39, 0.29) is 55.7 Å². The number of aromatic nitrogens is 10. The summed E-state index contributed by atoms with van der Waals surface area (Å²) < 4.78 is 46.5. The van der Waals surface area contributed by atoms with Gasteiger partial charge in [-0.25, -0.2) is 15.0 Å². The molecule has 90 heavy (non-hydrogen) atoms. The molecule has 0 aliphatic rings. The highest BCUT2D eigenvalue weighted by Crippen LogP contribution is 2.27. The molecule has 3 aromatic carbocycles. The SMILES string of the molecule is CCOC(=O)CC(=O)O.Cc1ccc(-c2noc(CCO)n2)cc1NC(=O)c1cnc2ccccn12.Cc1ccc(-c2noc(CCOS(C)(=O)=O)n2)cc1NC(=O)c1cnc2ccccn12.Cc1ccc(/C(N)=N/O)cc1NC(=O)c1cnc2ccccn12. The molecule has 0 saturated carbocycles. The third-order valence-corrected chi connectivity index (χ3v) is 13.4. The van der Waals surface area contributed by atoms with Crippen molar-refractivity contribution in [3.05, 3.63) is 197 Å². The van der Waals surface area contributed by atoms with E-state index in [1.54, 1.807) is 81.3 Å². The van der Waals surface area contributed by atoms with Crippen LogP contribution < -0.4 is 21.7 Å². The fourth-order valence-corrected chi connectivity index (χ4v) is 8.67. The van der Waals surface area contributed by atoms with E-state index < -0.39 is 28.5 Å². The summed E-state index contributed by atoms with van der Waals surface area (Å²) in [7, 11) is -3.53. The summed E-state index contributed by atoms with van der Waals surface area (Å²) in [5.41, 5.74) is 15.3. The lowest BCUT2D eigenvalue weighted by Gasteiger charge is -2.10. The summed E-state index contributed by atoms with van der Waals surface area (Å²) in [4.78, 5) is 79.3. The molecule has 29 nitrogen and oxygen atoms in total. The smallest absolute Gasteiger partial charge is 0.317 e. The number of aliphatic carboxylic acids is 1. The zero-order chi connectivity index (χ0) is 64.5. The van der Waals surface area contributed by atoms with Crippen LogP contribution in [0.25, 0.3) is 39.7 Å². The van der Waals surface area contributed by atoms with Crippen molar-refractivity contribution in [2.24, 2.45) is 10.9 Å². The van der Waals surface area contributed by atoms with Crippen molar-refractivity contribution in [3.63, 3.8) is 0 Å². The van der Waals surface area contributed by atoms with Crippen LogP contribution in [0.2, 0.25) is 0 Å². The van der Waals surface area contributed by atoms with Crippen molar-refractivity contribution >= 4 is 79.6 Å². The second-order valence-corrected chi connectivity index (χ2v) is 20.9. The number of amides is 3. The molecule has 0 atom stereocenters. The van der Waals surface area contributed by atoms with Crippen LogP contribution in [0, 0.1) is 20.8 Å². The number of carboxylic acid groups (broad SMARTS) is 1. The maximum atomic E-state index is 12.8. The van der Waals surface area contributed by atoms with E-state index in [0.717, 1.165) is 22.9 Å². The van der Waals surface area contributed by atoms with Gasteiger partial charge >= 0.3 is 11.9 Å². The molecule has 0 fully saturated rings. The lowest BCUT2D eigenvalue weighted by atomic mass is 10.1. The van der Waals surface area contributed by atoms with Gasteiger partial charge in [-0.1, -0.05) is 70.1 Å². The second kappa shape index (κ2) is 29.7. The molecule has 8 heterocycles. The molecular formula is C60H59N15O14S. The minimum Gasteiger partial charge on any atom is -0.481 e. The van der Waals surface area contributed by atoms with Crippen LogP contribution >= 0.6 is 0 Å². The Morgan fingerprint density at radius 2 is 1.04 bits per heavy atom. The highest BCUT2D eigenvalue weighted by Gasteiger charge is 2.19. The predicted octanol–water partition coefficient (Wildman–Crippen LogP) is 6.96. The molecule has 0 unspecified atom stereocenters. The Morgan fingerprint density at radius 3 is 1.44 bits per heavy atom. The molecule has 0 aliphatic carbocycles. The average Bonchev–Trinajstić information content (AvgIpc) is 1.84. The Morgan fingerprint density at radius 1 is 0.622 bits per heavy atom. The van der Waals surface area contributed by atoms with Crippen LogP contribution in [0.4, 0.5) is 17.1 Å². The van der Waals surface area contributed by atoms with Crippen LogP contribution in [-0.2, 0) is 41.5 Å². The van der Waals surface area contributed by atoms with E-state index in [1.165, 1.54) is 12.4 Å². The molecule has 0 bridgehead atoms. The molecule has 11 rings (SSSR count). The summed E-state index contributed by atoms with van der Waals surface area (Å²) in [5.74, 6) is -1.38. The Hall–Kier alpha value is -11.5. The topological polar surface area (TPSA) is 403 Å². The number of anilines is 3. The number of esters is 1. The molecule has 3 amide bonds. The molecule has 0 radical (unpaired) electrons. The standard InChI is InChI=1S/C20H19N5O5S.C19H17N5O3.C16H15N5O2.C5H8O4/c1-13-6-7-14(19-23-18(30-24-19)8-10-29-31(2,27)28)11-15(13)22-20(26)16-12-21-17-5-3-4-9-25(16)17;1-12-5-6-13(18-22-17(7-9-25)27-23-18)10-14(12)21-19(26)15-11-20-16-4-2-3-8-24(15)16;1-10-5-6-11(15(17)20-23)8-12(10)19-16(22)13-9-18-14-4-2-3-7-21(13)14;1-2-9-5(8)3-4(6)7/h3-7,9,11-12H,8,10H2,1-2H3,(H,22,26);2-6,8,10-11,25H,7,9H2,1H3,(H,21,26);2-9,23H,1H3,(H2,17,20)(H,19,22);2-3H2,1H3,(H,6,7). The normalized spacial score (nSPS) is 11.2. The summed E-state index contributed by atoms with van der Waals surface area (Å²) in [6, 6.07) is 32.6. The Kier molecular flexibility index (Phi) is 21.3. The molecular weight excluding hydrogens is 1190 g/mol. The predicted molar refractivity (Wildman–Crippen MR) is 326 cm³/mol. The Balaban J connectivity index is 0.000000164. The molecule has 0 spiro atoms. The molecule has 0 aliphatic heterocycles. The fourth-order valence-electron chi connectivity index (χ4n) is 8.28. The molecule has 11 aromatic rings. The number of benzene rings is 3. The van der Waals surface area contributed by atoms with Crippen LogP contribution in [0.1, 0.15) is 78.8 Å². The van der Waals surface area contributed by atoms with Crippen molar-refractivity contribution in [1.29, 1.82) is 0 Å². The number of nitrogens with zero attached hydrogens (tertiary/aromatic N) is 11. The van der Waals surface area contributed by atoms with Gasteiger partial charge in [-0.2, -0.15) is 18.4 Å². The number of oxime groups is 1. The van der Waals surface area contributed by atoms with Gasteiger partial charge in [-0.15, -0.1) is 0 Å². The van der Waals surface area contributed by atoms with E-state index in [9.17, 15) is 32.4 Å². The van der Waals surface area contributed by atoms with Crippen LogP contribution in [0.3, 0.4) is 0 Å². The van der Waals surface area contributed by atoms with Crippen LogP contribution in [0.15, 0.2) is 161 Å². The van der Waals surface area contributed by atoms with E-state index in [0.29, 0.717) is 91.7 Å². The van der Waals surface area contributed by atoms with Crippen LogP contribution in [-0.4, -0.2) is 134 Å². The Bertz CT molecular complexity index is 4530. The van der Waals surface area contributed by atoms with E-state index in [4.69, 9.17) is 30.2 Å². The largest absolute Gasteiger partial charge is 0.481 e. The van der Waals surface area contributed by atoms with Crippen molar-refractivity contribution in [1.82, 2.24) is 48.4 Å². The van der Waals surface area contributed by atoms with Gasteiger partial charge in [0.15, 0.2) is 5.84 Å². The zero-order valence-electron chi connectivity index (χ0n) is 48.8. The lowest BCUT2D eigenvalue weighted by Crippen LogP contribution is -2.17.